The Morgan fingerprint density at radius 3 is 2.72 bits per heavy atom. The molecule has 1 heterocycles. The van der Waals surface area contributed by atoms with Crippen LogP contribution in [0.15, 0.2) is 18.2 Å². The Bertz CT molecular complexity index is 496. The minimum absolute atomic E-state index is 0.0711. The second-order valence-corrected chi connectivity index (χ2v) is 4.05. The van der Waals surface area contributed by atoms with Crippen molar-refractivity contribution in [2.24, 2.45) is 5.92 Å². The van der Waals surface area contributed by atoms with E-state index in [2.05, 4.69) is 0 Å². The standard InChI is InChI=1S/C11H12N2O5/c1-18-8-2-3-9(10(4-8)13(16)17)12-5-7(6-12)11(14)15/h2-4,7H,5-6H2,1H3,(H,14,15). The molecule has 1 aliphatic rings. The minimum Gasteiger partial charge on any atom is -0.496 e. The van der Waals surface area contributed by atoms with Gasteiger partial charge in [-0.15, -0.1) is 0 Å². The zero-order chi connectivity index (χ0) is 13.3. The molecule has 18 heavy (non-hydrogen) atoms. The molecule has 1 aromatic rings. The Labute approximate surface area is 103 Å². The van der Waals surface area contributed by atoms with E-state index in [-0.39, 0.29) is 5.69 Å². The predicted octanol–water partition coefficient (Wildman–Crippen LogP) is 1.12. The molecular weight excluding hydrogens is 240 g/mol. The number of nitrogens with zero attached hydrogens (tertiary/aromatic N) is 2. The summed E-state index contributed by atoms with van der Waals surface area (Å²) in [6.07, 6.45) is 0. The van der Waals surface area contributed by atoms with Crippen LogP contribution < -0.4 is 9.64 Å². The van der Waals surface area contributed by atoms with Crippen LogP contribution in [0.2, 0.25) is 0 Å². The van der Waals surface area contributed by atoms with E-state index in [1.54, 1.807) is 17.0 Å². The van der Waals surface area contributed by atoms with Gasteiger partial charge in [0.2, 0.25) is 0 Å². The fourth-order valence-corrected chi connectivity index (χ4v) is 1.88. The summed E-state index contributed by atoms with van der Waals surface area (Å²) in [6, 6.07) is 4.54. The normalized spacial score (nSPS) is 15.1. The van der Waals surface area contributed by atoms with Crippen LogP contribution in [0.25, 0.3) is 0 Å². The van der Waals surface area contributed by atoms with Crippen LogP contribution in [0.1, 0.15) is 0 Å². The summed E-state index contributed by atoms with van der Waals surface area (Å²) >= 11 is 0. The van der Waals surface area contributed by atoms with Crippen LogP contribution in [0, 0.1) is 16.0 Å². The number of ether oxygens (including phenoxy) is 1. The Balaban J connectivity index is 2.23. The van der Waals surface area contributed by atoms with Gasteiger partial charge in [-0.05, 0) is 12.1 Å². The van der Waals surface area contributed by atoms with Crippen LogP contribution in [0.5, 0.6) is 5.75 Å². The van der Waals surface area contributed by atoms with E-state index in [0.29, 0.717) is 24.5 Å². The lowest BCUT2D eigenvalue weighted by molar-refractivity contribution is -0.384. The molecule has 0 aromatic heterocycles. The molecule has 7 heteroatoms. The van der Waals surface area contributed by atoms with Gasteiger partial charge in [0.1, 0.15) is 11.4 Å². The third kappa shape index (κ3) is 2.06. The van der Waals surface area contributed by atoms with Crippen molar-refractivity contribution < 1.29 is 19.6 Å². The number of carboxylic acids is 1. The van der Waals surface area contributed by atoms with E-state index in [0.717, 1.165) is 0 Å². The highest BCUT2D eigenvalue weighted by atomic mass is 16.6. The average molecular weight is 252 g/mol. The number of carbonyl (C=O) groups is 1. The molecule has 0 spiro atoms. The fraction of sp³-hybridized carbons (Fsp3) is 0.364. The Kier molecular flexibility index (Phi) is 3.05. The second-order valence-electron chi connectivity index (χ2n) is 4.05. The first-order chi connectivity index (χ1) is 8.52. The minimum atomic E-state index is -0.873. The van der Waals surface area contributed by atoms with Crippen LogP contribution >= 0.6 is 0 Å². The molecule has 1 N–H and O–H groups in total. The quantitative estimate of drug-likeness (QED) is 0.637. The number of nitro groups is 1. The first kappa shape index (κ1) is 12.2. The Morgan fingerprint density at radius 1 is 1.56 bits per heavy atom. The van der Waals surface area contributed by atoms with Crippen LogP contribution in [0.4, 0.5) is 11.4 Å². The number of hydrogen-bond donors (Lipinski definition) is 1. The van der Waals surface area contributed by atoms with Gasteiger partial charge < -0.3 is 14.7 Å². The highest BCUT2D eigenvalue weighted by molar-refractivity contribution is 5.76. The van der Waals surface area contributed by atoms with Crippen LogP contribution in [-0.4, -0.2) is 36.2 Å². The van der Waals surface area contributed by atoms with E-state index in [4.69, 9.17) is 9.84 Å². The second kappa shape index (κ2) is 4.52. The molecule has 1 fully saturated rings. The summed E-state index contributed by atoms with van der Waals surface area (Å²) in [6.45, 7) is 0.588. The lowest BCUT2D eigenvalue weighted by Gasteiger charge is -2.38. The molecule has 0 bridgehead atoms. The average Bonchev–Trinajstić information content (AvgIpc) is 2.26. The summed E-state index contributed by atoms with van der Waals surface area (Å²) in [5.41, 5.74) is 0.358. The highest BCUT2D eigenvalue weighted by Crippen LogP contribution is 2.35. The fourth-order valence-electron chi connectivity index (χ4n) is 1.88. The number of benzene rings is 1. The van der Waals surface area contributed by atoms with Crippen LogP contribution in [-0.2, 0) is 4.79 Å². The van der Waals surface area contributed by atoms with Gasteiger partial charge in [-0.25, -0.2) is 0 Å². The monoisotopic (exact) mass is 252 g/mol. The zero-order valence-corrected chi connectivity index (χ0v) is 9.70. The summed E-state index contributed by atoms with van der Waals surface area (Å²) in [5, 5.41) is 19.7. The van der Waals surface area contributed by atoms with E-state index in [1.165, 1.54) is 13.2 Å². The number of anilines is 1. The third-order valence-corrected chi connectivity index (χ3v) is 2.95. The molecule has 1 saturated heterocycles. The van der Waals surface area contributed by atoms with Crippen LogP contribution in [0.3, 0.4) is 0 Å². The molecule has 0 amide bonds. The van der Waals surface area contributed by atoms with Crippen molar-refractivity contribution in [3.05, 3.63) is 28.3 Å². The molecule has 0 unspecified atom stereocenters. The lowest BCUT2D eigenvalue weighted by atomic mass is 9.99. The number of aliphatic carboxylic acids is 1. The number of carboxylic acid groups (broad SMARTS) is 1. The molecule has 1 aromatic carbocycles. The van der Waals surface area contributed by atoms with Crippen molar-refractivity contribution in [2.45, 2.75) is 0 Å². The van der Waals surface area contributed by atoms with Gasteiger partial charge in [-0.1, -0.05) is 0 Å². The number of methoxy groups -OCH3 is 1. The molecule has 0 atom stereocenters. The number of nitro benzene ring substituents is 1. The summed E-state index contributed by atoms with van der Waals surface area (Å²) in [7, 11) is 1.43. The lowest BCUT2D eigenvalue weighted by Crippen LogP contribution is -2.50. The van der Waals surface area contributed by atoms with Crippen molar-refractivity contribution in [1.29, 1.82) is 0 Å². The van der Waals surface area contributed by atoms with Gasteiger partial charge in [0.25, 0.3) is 5.69 Å². The highest BCUT2D eigenvalue weighted by Gasteiger charge is 2.35. The maximum atomic E-state index is 11.0. The molecular formula is C11H12N2O5. The number of rotatable bonds is 4. The van der Waals surface area contributed by atoms with E-state index < -0.39 is 16.8 Å². The zero-order valence-electron chi connectivity index (χ0n) is 9.70. The maximum absolute atomic E-state index is 11.0. The molecule has 0 saturated carbocycles. The van der Waals surface area contributed by atoms with Gasteiger partial charge in [0.05, 0.1) is 24.0 Å². The van der Waals surface area contributed by atoms with Gasteiger partial charge in [0.15, 0.2) is 0 Å². The summed E-state index contributed by atoms with van der Waals surface area (Å²) in [4.78, 5) is 22.8. The van der Waals surface area contributed by atoms with E-state index >= 15 is 0 Å². The van der Waals surface area contributed by atoms with Gasteiger partial charge in [0, 0.05) is 13.1 Å². The molecule has 0 aliphatic carbocycles. The molecule has 0 radical (unpaired) electrons. The van der Waals surface area contributed by atoms with Crippen molar-refractivity contribution >= 4 is 17.3 Å². The van der Waals surface area contributed by atoms with Gasteiger partial charge >= 0.3 is 5.97 Å². The summed E-state index contributed by atoms with van der Waals surface area (Å²) in [5.74, 6) is -0.921. The van der Waals surface area contributed by atoms with Crippen molar-refractivity contribution in [3.8, 4) is 5.75 Å². The van der Waals surface area contributed by atoms with E-state index in [9.17, 15) is 14.9 Å². The van der Waals surface area contributed by atoms with Crippen molar-refractivity contribution in [2.75, 3.05) is 25.1 Å². The molecule has 7 nitrogen and oxygen atoms in total. The topological polar surface area (TPSA) is 92.9 Å². The van der Waals surface area contributed by atoms with Gasteiger partial charge in [-0.3, -0.25) is 14.9 Å². The molecule has 1 aliphatic heterocycles. The molecule has 2 rings (SSSR count). The van der Waals surface area contributed by atoms with Crippen molar-refractivity contribution in [3.63, 3.8) is 0 Å². The smallest absolute Gasteiger partial charge is 0.310 e. The summed E-state index contributed by atoms with van der Waals surface area (Å²) < 4.78 is 4.93. The van der Waals surface area contributed by atoms with E-state index in [1.807, 2.05) is 0 Å². The largest absolute Gasteiger partial charge is 0.496 e. The first-order valence-electron chi connectivity index (χ1n) is 5.33. The Morgan fingerprint density at radius 2 is 2.22 bits per heavy atom. The maximum Gasteiger partial charge on any atom is 0.310 e. The molecule has 96 valence electrons. The number of hydrogen-bond acceptors (Lipinski definition) is 5. The predicted molar refractivity (Wildman–Crippen MR) is 63.0 cm³/mol. The Hall–Kier alpha value is -2.31. The SMILES string of the molecule is COc1ccc(N2CC(C(=O)O)C2)c([N+](=O)[O-])c1. The van der Waals surface area contributed by atoms with Gasteiger partial charge in [-0.2, -0.15) is 0 Å². The van der Waals surface area contributed by atoms with Crippen molar-refractivity contribution in [1.82, 2.24) is 0 Å². The third-order valence-electron chi connectivity index (χ3n) is 2.95. The first-order valence-corrected chi connectivity index (χ1v) is 5.33.